The summed E-state index contributed by atoms with van der Waals surface area (Å²) < 4.78 is 13.3. The Morgan fingerprint density at radius 2 is 1.96 bits per heavy atom. The third-order valence-electron chi connectivity index (χ3n) is 5.08. The lowest BCUT2D eigenvalue weighted by Crippen LogP contribution is -2.55. The van der Waals surface area contributed by atoms with Gasteiger partial charge in [-0.05, 0) is 36.2 Å². The van der Waals surface area contributed by atoms with Crippen LogP contribution in [0.4, 0.5) is 4.39 Å². The van der Waals surface area contributed by atoms with Gasteiger partial charge in [0.15, 0.2) is 0 Å². The minimum atomic E-state index is -0.378. The first-order chi connectivity index (χ1) is 12.7. The topological polar surface area (TPSA) is 60.5 Å². The van der Waals surface area contributed by atoms with Gasteiger partial charge in [-0.15, -0.1) is 0 Å². The van der Waals surface area contributed by atoms with Gasteiger partial charge < -0.3 is 4.90 Å². The molecule has 2 aliphatic rings. The molecular weight excluding hydrogens is 333 g/mol. The van der Waals surface area contributed by atoms with Crippen LogP contribution >= 0.6 is 0 Å². The summed E-state index contributed by atoms with van der Waals surface area (Å²) >= 11 is 0. The van der Waals surface area contributed by atoms with Crippen LogP contribution in [0.15, 0.2) is 48.8 Å². The third-order valence-corrected chi connectivity index (χ3v) is 5.08. The number of carbonyl (C=O) groups excluding carboxylic acids is 1. The summed E-state index contributed by atoms with van der Waals surface area (Å²) in [7, 11) is 0. The molecular formula is C19H22FN5O. The number of hydrazine groups is 1. The average molecular weight is 355 g/mol. The van der Waals surface area contributed by atoms with Crippen LogP contribution < -0.4 is 10.9 Å². The largest absolute Gasteiger partial charge is 0.336 e. The number of hydrogen-bond donors (Lipinski definition) is 2. The summed E-state index contributed by atoms with van der Waals surface area (Å²) in [5.41, 5.74) is 8.27. The van der Waals surface area contributed by atoms with E-state index in [1.807, 2.05) is 12.3 Å². The van der Waals surface area contributed by atoms with Crippen molar-refractivity contribution in [3.8, 4) is 0 Å². The second kappa shape index (κ2) is 7.49. The molecule has 0 radical (unpaired) electrons. The van der Waals surface area contributed by atoms with Crippen LogP contribution in [-0.2, 0) is 0 Å². The van der Waals surface area contributed by atoms with Crippen molar-refractivity contribution in [1.29, 1.82) is 0 Å². The molecule has 136 valence electrons. The highest BCUT2D eigenvalue weighted by Crippen LogP contribution is 2.24. The van der Waals surface area contributed by atoms with Crippen molar-refractivity contribution in [2.24, 2.45) is 0 Å². The number of amides is 1. The molecule has 2 unspecified atom stereocenters. The number of pyridine rings is 1. The zero-order valence-corrected chi connectivity index (χ0v) is 14.4. The Bertz CT molecular complexity index is 764. The van der Waals surface area contributed by atoms with Gasteiger partial charge in [0.1, 0.15) is 5.82 Å². The third kappa shape index (κ3) is 3.60. The summed E-state index contributed by atoms with van der Waals surface area (Å²) in [6.07, 6.45) is 4.84. The van der Waals surface area contributed by atoms with Crippen molar-refractivity contribution in [3.63, 3.8) is 0 Å². The van der Waals surface area contributed by atoms with E-state index in [9.17, 15) is 9.18 Å². The van der Waals surface area contributed by atoms with E-state index in [2.05, 4.69) is 26.8 Å². The number of piperazine rings is 1. The first kappa shape index (κ1) is 17.1. The number of benzene rings is 1. The van der Waals surface area contributed by atoms with E-state index in [4.69, 9.17) is 0 Å². The fourth-order valence-corrected chi connectivity index (χ4v) is 3.62. The Kier molecular flexibility index (Phi) is 4.92. The predicted octanol–water partition coefficient (Wildman–Crippen LogP) is 1.54. The Morgan fingerprint density at radius 1 is 1.12 bits per heavy atom. The van der Waals surface area contributed by atoms with Crippen LogP contribution in [0.1, 0.15) is 28.4 Å². The molecule has 0 aliphatic carbocycles. The quantitative estimate of drug-likeness (QED) is 0.875. The lowest BCUT2D eigenvalue weighted by molar-refractivity contribution is 0.0544. The number of nitrogens with one attached hydrogen (secondary N) is 2. The van der Waals surface area contributed by atoms with Crippen molar-refractivity contribution in [1.82, 2.24) is 25.6 Å². The molecule has 2 N–H and O–H groups in total. The maximum Gasteiger partial charge on any atom is 0.254 e. The minimum absolute atomic E-state index is 0.102. The normalized spacial score (nSPS) is 24.0. The monoisotopic (exact) mass is 355 g/mol. The zero-order valence-electron chi connectivity index (χ0n) is 14.4. The molecule has 0 spiro atoms. The smallest absolute Gasteiger partial charge is 0.254 e. The van der Waals surface area contributed by atoms with Gasteiger partial charge in [0.25, 0.3) is 5.91 Å². The van der Waals surface area contributed by atoms with Crippen LogP contribution in [0, 0.1) is 5.82 Å². The number of hydrogen-bond acceptors (Lipinski definition) is 5. The lowest BCUT2D eigenvalue weighted by atomic mass is 10.1. The molecule has 2 aromatic rings. The van der Waals surface area contributed by atoms with Crippen LogP contribution in [0.5, 0.6) is 0 Å². The molecule has 2 atom stereocenters. The van der Waals surface area contributed by atoms with Gasteiger partial charge in [-0.2, -0.15) is 0 Å². The summed E-state index contributed by atoms with van der Waals surface area (Å²) in [6, 6.07) is 10.2. The van der Waals surface area contributed by atoms with Crippen LogP contribution in [0.3, 0.4) is 0 Å². The molecule has 6 nitrogen and oxygen atoms in total. The summed E-state index contributed by atoms with van der Waals surface area (Å²) in [4.78, 5) is 20.8. The molecule has 3 heterocycles. The number of aromatic nitrogens is 1. The Hall–Kier alpha value is -2.35. The number of carbonyl (C=O) groups is 1. The van der Waals surface area contributed by atoms with Crippen molar-refractivity contribution in [2.45, 2.75) is 18.6 Å². The highest BCUT2D eigenvalue weighted by atomic mass is 19.1. The number of nitrogens with zero attached hydrogens (tertiary/aromatic N) is 3. The zero-order chi connectivity index (χ0) is 17.9. The van der Waals surface area contributed by atoms with Gasteiger partial charge >= 0.3 is 0 Å². The molecule has 2 saturated heterocycles. The highest BCUT2D eigenvalue weighted by molar-refractivity contribution is 5.94. The van der Waals surface area contributed by atoms with Gasteiger partial charge in [-0.1, -0.05) is 12.1 Å². The standard InChI is InChI=1S/C19H22FN5O/c20-16-5-1-3-14(11-16)19(26)25-9-7-24(8-10-25)18-12-17(22-23-18)15-4-2-6-21-13-15/h1-6,11,13,17-18,22-23H,7-10,12H2. The van der Waals surface area contributed by atoms with Crippen molar-refractivity contribution >= 4 is 5.91 Å². The van der Waals surface area contributed by atoms with E-state index in [1.54, 1.807) is 23.2 Å². The SMILES string of the molecule is O=C(c1cccc(F)c1)N1CCN(C2CC(c3cccnc3)NN2)CC1. The van der Waals surface area contributed by atoms with Crippen LogP contribution in [0.2, 0.25) is 0 Å². The summed E-state index contributed by atoms with van der Waals surface area (Å²) in [6.45, 7) is 2.87. The van der Waals surface area contributed by atoms with Gasteiger partial charge in [0.05, 0.1) is 12.2 Å². The average Bonchev–Trinajstić information content (AvgIpc) is 3.18. The molecule has 0 saturated carbocycles. The molecule has 7 heteroatoms. The summed E-state index contributed by atoms with van der Waals surface area (Å²) in [5, 5.41) is 0. The lowest BCUT2D eigenvalue weighted by Gasteiger charge is -2.37. The van der Waals surface area contributed by atoms with Crippen molar-refractivity contribution < 1.29 is 9.18 Å². The van der Waals surface area contributed by atoms with Crippen LogP contribution in [0.25, 0.3) is 0 Å². The van der Waals surface area contributed by atoms with E-state index in [0.29, 0.717) is 18.7 Å². The van der Waals surface area contributed by atoms with E-state index in [0.717, 1.165) is 19.5 Å². The second-order valence-electron chi connectivity index (χ2n) is 6.72. The van der Waals surface area contributed by atoms with E-state index in [-0.39, 0.29) is 23.9 Å². The first-order valence-electron chi connectivity index (χ1n) is 8.90. The van der Waals surface area contributed by atoms with E-state index in [1.165, 1.54) is 17.7 Å². The van der Waals surface area contributed by atoms with Gasteiger partial charge in [0, 0.05) is 44.1 Å². The Balaban J connectivity index is 1.32. The van der Waals surface area contributed by atoms with Gasteiger partial charge in [-0.3, -0.25) is 14.7 Å². The van der Waals surface area contributed by atoms with Gasteiger partial charge in [-0.25, -0.2) is 15.2 Å². The fraction of sp³-hybridized carbons (Fsp3) is 0.368. The molecule has 1 amide bonds. The van der Waals surface area contributed by atoms with E-state index >= 15 is 0 Å². The van der Waals surface area contributed by atoms with Crippen LogP contribution in [-0.4, -0.2) is 53.0 Å². The Morgan fingerprint density at radius 3 is 2.69 bits per heavy atom. The molecule has 2 aliphatic heterocycles. The Labute approximate surface area is 152 Å². The molecule has 4 rings (SSSR count). The predicted molar refractivity (Wildman–Crippen MR) is 95.5 cm³/mol. The van der Waals surface area contributed by atoms with Gasteiger partial charge in [0.2, 0.25) is 0 Å². The maximum atomic E-state index is 13.3. The number of halogens is 1. The van der Waals surface area contributed by atoms with Crippen molar-refractivity contribution in [3.05, 3.63) is 65.7 Å². The second-order valence-corrected chi connectivity index (χ2v) is 6.72. The molecule has 0 bridgehead atoms. The molecule has 26 heavy (non-hydrogen) atoms. The molecule has 1 aromatic carbocycles. The fourth-order valence-electron chi connectivity index (χ4n) is 3.62. The van der Waals surface area contributed by atoms with E-state index < -0.39 is 0 Å². The molecule has 1 aromatic heterocycles. The van der Waals surface area contributed by atoms with Crippen molar-refractivity contribution in [2.75, 3.05) is 26.2 Å². The molecule has 2 fully saturated rings. The maximum absolute atomic E-state index is 13.3. The minimum Gasteiger partial charge on any atom is -0.336 e. The first-order valence-corrected chi connectivity index (χ1v) is 8.90. The highest BCUT2D eigenvalue weighted by Gasteiger charge is 2.32. The number of rotatable bonds is 3. The summed E-state index contributed by atoms with van der Waals surface area (Å²) in [5.74, 6) is -0.480.